The number of aliphatic hydroxyl groups excluding tert-OH is 1. The van der Waals surface area contributed by atoms with Crippen LogP contribution in [0.1, 0.15) is 36.6 Å². The molecule has 1 atom stereocenters. The maximum atomic E-state index is 13.3. The van der Waals surface area contributed by atoms with Crippen LogP contribution in [-0.4, -0.2) is 30.5 Å². The highest BCUT2D eigenvalue weighted by Gasteiger charge is 2.47. The van der Waals surface area contributed by atoms with Gasteiger partial charge in [0.1, 0.15) is 17.3 Å². The van der Waals surface area contributed by atoms with Crippen molar-refractivity contribution >= 4 is 23.1 Å². The fraction of sp³-hybridized carbons (Fsp3) is 0.241. The number of aryl methyl sites for hydroxylation is 1. The van der Waals surface area contributed by atoms with Gasteiger partial charge in [0.2, 0.25) is 0 Å². The van der Waals surface area contributed by atoms with Crippen molar-refractivity contribution in [2.24, 2.45) is 5.92 Å². The van der Waals surface area contributed by atoms with Gasteiger partial charge in [-0.1, -0.05) is 55.8 Å². The van der Waals surface area contributed by atoms with Crippen molar-refractivity contribution in [3.05, 3.63) is 95.1 Å². The van der Waals surface area contributed by atoms with E-state index in [9.17, 15) is 14.7 Å². The highest BCUT2D eigenvalue weighted by Crippen LogP contribution is 2.43. The fourth-order valence-electron chi connectivity index (χ4n) is 4.06. The number of aliphatic hydroxyl groups is 1. The van der Waals surface area contributed by atoms with Crippen molar-refractivity contribution in [3.8, 4) is 11.5 Å². The van der Waals surface area contributed by atoms with Crippen LogP contribution in [0.5, 0.6) is 11.5 Å². The average molecular weight is 472 g/mol. The van der Waals surface area contributed by atoms with Crippen molar-refractivity contribution < 1.29 is 24.2 Å². The summed E-state index contributed by atoms with van der Waals surface area (Å²) in [6, 6.07) is 20.6. The Labute approximate surface area is 205 Å². The summed E-state index contributed by atoms with van der Waals surface area (Å²) in [7, 11) is 1.55. The minimum atomic E-state index is -0.825. The second-order valence-electron chi connectivity index (χ2n) is 9.01. The van der Waals surface area contributed by atoms with Gasteiger partial charge in [-0.2, -0.15) is 0 Å². The number of ketones is 1. The van der Waals surface area contributed by atoms with E-state index in [1.807, 2.05) is 25.1 Å². The quantitative estimate of drug-likeness (QED) is 0.273. The number of ether oxygens (including phenoxy) is 2. The molecule has 1 saturated heterocycles. The standard InChI is InChI=1S/C29H29NO5/c1-18(2)17-35-23-14-12-22(13-15-23)30-26(21-6-5-7-24(16-21)34-4)25(28(32)29(30)33)27(31)20-10-8-19(3)9-11-20/h5-16,18,26,31H,17H2,1-4H3/b27-25-. The van der Waals surface area contributed by atoms with Gasteiger partial charge < -0.3 is 14.6 Å². The lowest BCUT2D eigenvalue weighted by Crippen LogP contribution is -2.29. The monoisotopic (exact) mass is 471 g/mol. The van der Waals surface area contributed by atoms with Crippen LogP contribution in [0.25, 0.3) is 5.76 Å². The fourth-order valence-corrected chi connectivity index (χ4v) is 4.06. The van der Waals surface area contributed by atoms with E-state index in [4.69, 9.17) is 9.47 Å². The van der Waals surface area contributed by atoms with E-state index >= 15 is 0 Å². The highest BCUT2D eigenvalue weighted by molar-refractivity contribution is 6.51. The Hall–Kier alpha value is -4.06. The molecule has 0 saturated carbocycles. The Morgan fingerprint density at radius 3 is 2.29 bits per heavy atom. The number of methoxy groups -OCH3 is 1. The molecule has 180 valence electrons. The number of nitrogens with zero attached hydrogens (tertiary/aromatic N) is 1. The number of hydrogen-bond donors (Lipinski definition) is 1. The topological polar surface area (TPSA) is 76.1 Å². The molecule has 1 aliphatic rings. The van der Waals surface area contributed by atoms with Gasteiger partial charge in [0, 0.05) is 11.3 Å². The number of benzene rings is 3. The first-order chi connectivity index (χ1) is 16.8. The van der Waals surface area contributed by atoms with Gasteiger partial charge in [-0.25, -0.2) is 0 Å². The molecule has 3 aromatic carbocycles. The van der Waals surface area contributed by atoms with Crippen molar-refractivity contribution in [1.29, 1.82) is 0 Å². The second-order valence-corrected chi connectivity index (χ2v) is 9.01. The SMILES string of the molecule is COc1cccc(C2/C(=C(/O)c3ccc(C)cc3)C(=O)C(=O)N2c2ccc(OCC(C)C)cc2)c1. The van der Waals surface area contributed by atoms with Crippen LogP contribution in [0.2, 0.25) is 0 Å². The number of hydrogen-bond acceptors (Lipinski definition) is 5. The van der Waals surface area contributed by atoms with E-state index in [0.717, 1.165) is 5.56 Å². The first-order valence-corrected chi connectivity index (χ1v) is 11.5. The predicted molar refractivity (Wildman–Crippen MR) is 136 cm³/mol. The summed E-state index contributed by atoms with van der Waals surface area (Å²) in [5.41, 5.74) is 2.70. The molecule has 6 nitrogen and oxygen atoms in total. The third-order valence-electron chi connectivity index (χ3n) is 5.88. The molecule has 35 heavy (non-hydrogen) atoms. The number of anilines is 1. The molecule has 0 bridgehead atoms. The van der Waals surface area contributed by atoms with Crippen LogP contribution in [0.3, 0.4) is 0 Å². The second kappa shape index (κ2) is 10.1. The third-order valence-corrected chi connectivity index (χ3v) is 5.88. The van der Waals surface area contributed by atoms with Gasteiger partial charge in [-0.3, -0.25) is 14.5 Å². The van der Waals surface area contributed by atoms with Crippen LogP contribution in [0.4, 0.5) is 5.69 Å². The highest BCUT2D eigenvalue weighted by atomic mass is 16.5. The predicted octanol–water partition coefficient (Wildman–Crippen LogP) is 5.66. The van der Waals surface area contributed by atoms with Crippen LogP contribution >= 0.6 is 0 Å². The Balaban J connectivity index is 1.83. The van der Waals surface area contributed by atoms with Gasteiger partial charge in [-0.05, 0) is 54.8 Å². The number of amides is 1. The number of rotatable bonds is 7. The smallest absolute Gasteiger partial charge is 0.300 e. The molecule has 3 aromatic rings. The molecule has 4 rings (SSSR count). The number of Topliss-reactive ketones (excluding diaryl/α,β-unsaturated/α-hetero) is 1. The average Bonchev–Trinajstić information content (AvgIpc) is 3.13. The van der Waals surface area contributed by atoms with E-state index in [2.05, 4.69) is 13.8 Å². The lowest BCUT2D eigenvalue weighted by atomic mass is 9.94. The van der Waals surface area contributed by atoms with E-state index < -0.39 is 17.7 Å². The summed E-state index contributed by atoms with van der Waals surface area (Å²) in [6.07, 6.45) is 0. The molecule has 1 N–H and O–H groups in total. The summed E-state index contributed by atoms with van der Waals surface area (Å²) in [4.78, 5) is 28.0. The molecule has 1 amide bonds. The van der Waals surface area contributed by atoms with Gasteiger partial charge in [-0.15, -0.1) is 0 Å². The van der Waals surface area contributed by atoms with Crippen LogP contribution in [0, 0.1) is 12.8 Å². The third kappa shape index (κ3) is 4.92. The molecule has 1 fully saturated rings. The minimum Gasteiger partial charge on any atom is -0.507 e. The normalized spacial score (nSPS) is 17.2. The van der Waals surface area contributed by atoms with Gasteiger partial charge in [0.05, 0.1) is 25.3 Å². The van der Waals surface area contributed by atoms with Gasteiger partial charge in [0.25, 0.3) is 11.7 Å². The maximum absolute atomic E-state index is 13.3. The molecular formula is C29H29NO5. The van der Waals surface area contributed by atoms with E-state index in [1.54, 1.807) is 61.7 Å². The van der Waals surface area contributed by atoms with E-state index in [0.29, 0.717) is 40.8 Å². The zero-order chi connectivity index (χ0) is 25.1. The lowest BCUT2D eigenvalue weighted by molar-refractivity contribution is -0.132. The molecule has 1 aliphatic heterocycles. The molecule has 0 aliphatic carbocycles. The summed E-state index contributed by atoms with van der Waals surface area (Å²) >= 11 is 0. The summed E-state index contributed by atoms with van der Waals surface area (Å²) in [6.45, 7) is 6.64. The summed E-state index contributed by atoms with van der Waals surface area (Å²) < 4.78 is 11.1. The molecule has 1 unspecified atom stereocenters. The first-order valence-electron chi connectivity index (χ1n) is 11.5. The van der Waals surface area contributed by atoms with Crippen molar-refractivity contribution in [1.82, 2.24) is 0 Å². The van der Waals surface area contributed by atoms with E-state index in [-0.39, 0.29) is 11.3 Å². The Morgan fingerprint density at radius 1 is 0.971 bits per heavy atom. The zero-order valence-electron chi connectivity index (χ0n) is 20.3. The molecule has 0 radical (unpaired) electrons. The summed E-state index contributed by atoms with van der Waals surface area (Å²) in [5, 5.41) is 11.2. The Bertz CT molecular complexity index is 1260. The van der Waals surface area contributed by atoms with Gasteiger partial charge >= 0.3 is 0 Å². The molecule has 1 heterocycles. The molecule has 0 aromatic heterocycles. The Morgan fingerprint density at radius 2 is 1.66 bits per heavy atom. The van der Waals surface area contributed by atoms with Crippen LogP contribution in [-0.2, 0) is 9.59 Å². The molecule has 6 heteroatoms. The molecular weight excluding hydrogens is 442 g/mol. The van der Waals surface area contributed by atoms with Crippen molar-refractivity contribution in [2.45, 2.75) is 26.8 Å². The molecule has 0 spiro atoms. The van der Waals surface area contributed by atoms with E-state index in [1.165, 1.54) is 4.90 Å². The minimum absolute atomic E-state index is 0.0345. The Kier molecular flexibility index (Phi) is 6.92. The van der Waals surface area contributed by atoms with Crippen molar-refractivity contribution in [2.75, 3.05) is 18.6 Å². The largest absolute Gasteiger partial charge is 0.507 e. The first kappa shape index (κ1) is 24.1. The lowest BCUT2D eigenvalue weighted by Gasteiger charge is -2.26. The maximum Gasteiger partial charge on any atom is 0.300 e. The van der Waals surface area contributed by atoms with Gasteiger partial charge in [0.15, 0.2) is 0 Å². The number of carbonyl (C=O) groups is 2. The van der Waals surface area contributed by atoms with Crippen molar-refractivity contribution in [3.63, 3.8) is 0 Å². The van der Waals surface area contributed by atoms with Crippen LogP contribution in [0.15, 0.2) is 78.4 Å². The number of carbonyl (C=O) groups excluding carboxylic acids is 2. The summed E-state index contributed by atoms with van der Waals surface area (Å²) in [5.74, 6) is -0.0197. The van der Waals surface area contributed by atoms with Crippen LogP contribution < -0.4 is 14.4 Å². The zero-order valence-corrected chi connectivity index (χ0v) is 20.3.